The van der Waals surface area contributed by atoms with Crippen LogP contribution < -0.4 is 10.1 Å². The molecule has 2 aromatic carbocycles. The summed E-state index contributed by atoms with van der Waals surface area (Å²) in [6.07, 6.45) is 0.217. The van der Waals surface area contributed by atoms with Gasteiger partial charge in [0.1, 0.15) is 11.8 Å². The van der Waals surface area contributed by atoms with Crippen molar-refractivity contribution >= 4 is 17.5 Å². The lowest BCUT2D eigenvalue weighted by molar-refractivity contribution is -0.385. The van der Waals surface area contributed by atoms with E-state index in [-0.39, 0.29) is 30.5 Å². The highest BCUT2D eigenvalue weighted by Crippen LogP contribution is 2.22. The molecule has 0 bridgehead atoms. The number of nitro groups is 1. The molecule has 1 atom stereocenters. The lowest BCUT2D eigenvalue weighted by Gasteiger charge is -2.33. The minimum atomic E-state index is -0.726. The van der Waals surface area contributed by atoms with E-state index in [1.807, 2.05) is 39.8 Å². The van der Waals surface area contributed by atoms with Crippen LogP contribution in [-0.4, -0.2) is 40.3 Å². The van der Waals surface area contributed by atoms with Gasteiger partial charge in [0.15, 0.2) is 0 Å². The van der Waals surface area contributed by atoms with E-state index in [0.29, 0.717) is 17.7 Å². The van der Waals surface area contributed by atoms with Gasteiger partial charge in [0, 0.05) is 23.7 Å². The first-order chi connectivity index (χ1) is 15.1. The van der Waals surface area contributed by atoms with E-state index in [9.17, 15) is 19.7 Å². The maximum Gasteiger partial charge on any atom is 0.273 e. The lowest BCUT2D eigenvalue weighted by Crippen LogP contribution is -2.53. The fourth-order valence-corrected chi connectivity index (χ4v) is 3.44. The summed E-state index contributed by atoms with van der Waals surface area (Å²) in [6.45, 7) is 7.63. The van der Waals surface area contributed by atoms with Gasteiger partial charge in [0.2, 0.25) is 11.8 Å². The highest BCUT2D eigenvalue weighted by atomic mass is 16.6. The summed E-state index contributed by atoms with van der Waals surface area (Å²) >= 11 is 0. The molecule has 0 saturated heterocycles. The van der Waals surface area contributed by atoms with Gasteiger partial charge in [-0.3, -0.25) is 19.7 Å². The molecule has 2 rings (SSSR count). The SMILES string of the molecule is CC[C@@H](C(=O)NC(C)(C)C)N(Cc1cccc(OC)c1)C(=O)Cc1ccccc1[N+](=O)[O-]. The summed E-state index contributed by atoms with van der Waals surface area (Å²) in [5.41, 5.74) is 0.522. The number of nitrogens with one attached hydrogen (secondary N) is 1. The Morgan fingerprint density at radius 2 is 1.84 bits per heavy atom. The molecule has 0 spiro atoms. The number of nitro benzene ring substituents is 1. The minimum absolute atomic E-state index is 0.116. The highest BCUT2D eigenvalue weighted by Gasteiger charge is 2.31. The third kappa shape index (κ3) is 6.80. The number of amides is 2. The molecule has 2 aromatic rings. The smallest absolute Gasteiger partial charge is 0.273 e. The zero-order chi connectivity index (χ0) is 23.9. The van der Waals surface area contributed by atoms with Gasteiger partial charge in [-0.1, -0.05) is 37.3 Å². The average molecular weight is 442 g/mol. The zero-order valence-corrected chi connectivity index (χ0v) is 19.3. The van der Waals surface area contributed by atoms with Gasteiger partial charge in [-0.2, -0.15) is 0 Å². The fourth-order valence-electron chi connectivity index (χ4n) is 3.44. The molecular weight excluding hydrogens is 410 g/mol. The molecule has 0 saturated carbocycles. The topological polar surface area (TPSA) is 102 Å². The number of carbonyl (C=O) groups is 2. The van der Waals surface area contributed by atoms with Crippen molar-refractivity contribution in [3.63, 3.8) is 0 Å². The second-order valence-electron chi connectivity index (χ2n) is 8.60. The van der Waals surface area contributed by atoms with Crippen LogP contribution in [0.1, 0.15) is 45.2 Å². The Labute approximate surface area is 188 Å². The average Bonchev–Trinajstić information content (AvgIpc) is 2.72. The largest absolute Gasteiger partial charge is 0.497 e. The van der Waals surface area contributed by atoms with Crippen LogP contribution >= 0.6 is 0 Å². The number of para-hydroxylation sites is 1. The molecule has 0 heterocycles. The van der Waals surface area contributed by atoms with Gasteiger partial charge in [-0.15, -0.1) is 0 Å². The van der Waals surface area contributed by atoms with Crippen molar-refractivity contribution in [3.05, 3.63) is 69.8 Å². The Kier molecular flexibility index (Phi) is 8.34. The Morgan fingerprint density at radius 3 is 2.44 bits per heavy atom. The van der Waals surface area contributed by atoms with Gasteiger partial charge in [0.05, 0.1) is 18.5 Å². The van der Waals surface area contributed by atoms with E-state index in [1.54, 1.807) is 37.4 Å². The van der Waals surface area contributed by atoms with Crippen LogP contribution in [0.2, 0.25) is 0 Å². The van der Waals surface area contributed by atoms with Crippen LogP contribution in [0.4, 0.5) is 5.69 Å². The Morgan fingerprint density at radius 1 is 1.16 bits per heavy atom. The predicted octanol–water partition coefficient (Wildman–Crippen LogP) is 3.87. The second-order valence-corrected chi connectivity index (χ2v) is 8.60. The van der Waals surface area contributed by atoms with Crippen LogP contribution in [0.25, 0.3) is 0 Å². The number of methoxy groups -OCH3 is 1. The standard InChI is InChI=1S/C24H31N3O5/c1-6-20(23(29)25-24(2,3)4)26(16-17-10-9-12-19(14-17)32-5)22(28)15-18-11-7-8-13-21(18)27(30)31/h7-14,20H,6,15-16H2,1-5H3,(H,25,29)/t20-/m0/s1. The number of benzene rings is 2. The summed E-state index contributed by atoms with van der Waals surface area (Å²) in [5, 5.41) is 14.3. The molecule has 2 amide bonds. The van der Waals surface area contributed by atoms with Gasteiger partial charge >= 0.3 is 0 Å². The van der Waals surface area contributed by atoms with Crippen molar-refractivity contribution in [2.75, 3.05) is 7.11 Å². The molecule has 0 fully saturated rings. The quantitative estimate of drug-likeness (QED) is 0.470. The van der Waals surface area contributed by atoms with E-state index in [2.05, 4.69) is 5.32 Å². The molecule has 0 aliphatic carbocycles. The second kappa shape index (κ2) is 10.7. The van der Waals surface area contributed by atoms with Crippen molar-refractivity contribution in [2.24, 2.45) is 0 Å². The number of ether oxygens (including phenoxy) is 1. The van der Waals surface area contributed by atoms with Gasteiger partial charge in [-0.25, -0.2) is 0 Å². The van der Waals surface area contributed by atoms with Crippen LogP contribution in [0.5, 0.6) is 5.75 Å². The molecule has 0 aliphatic heterocycles. The number of hydrogen-bond donors (Lipinski definition) is 1. The van der Waals surface area contributed by atoms with Crippen molar-refractivity contribution in [1.82, 2.24) is 10.2 Å². The maximum atomic E-state index is 13.4. The number of rotatable bonds is 9. The third-order valence-electron chi connectivity index (χ3n) is 4.90. The van der Waals surface area contributed by atoms with E-state index in [0.717, 1.165) is 5.56 Å². The molecule has 0 radical (unpaired) electrons. The summed E-state index contributed by atoms with van der Waals surface area (Å²) in [6, 6.07) is 12.7. The predicted molar refractivity (Wildman–Crippen MR) is 122 cm³/mol. The lowest BCUT2D eigenvalue weighted by atomic mass is 10.0. The Balaban J connectivity index is 2.40. The first kappa shape index (κ1) is 24.8. The summed E-state index contributed by atoms with van der Waals surface area (Å²) in [5.74, 6) is 0.0117. The summed E-state index contributed by atoms with van der Waals surface area (Å²) in [7, 11) is 1.56. The first-order valence-electron chi connectivity index (χ1n) is 10.5. The molecule has 8 heteroatoms. The van der Waals surface area contributed by atoms with Gasteiger partial charge < -0.3 is 15.0 Å². The monoisotopic (exact) mass is 441 g/mol. The molecular formula is C24H31N3O5. The number of hydrogen-bond acceptors (Lipinski definition) is 5. The van der Waals surface area contributed by atoms with Gasteiger partial charge in [0.25, 0.3) is 5.69 Å². The van der Waals surface area contributed by atoms with Crippen LogP contribution in [-0.2, 0) is 22.6 Å². The van der Waals surface area contributed by atoms with E-state index >= 15 is 0 Å². The highest BCUT2D eigenvalue weighted by molar-refractivity contribution is 5.89. The van der Waals surface area contributed by atoms with Crippen LogP contribution in [0.15, 0.2) is 48.5 Å². The van der Waals surface area contributed by atoms with Crippen LogP contribution in [0, 0.1) is 10.1 Å². The maximum absolute atomic E-state index is 13.4. The fraction of sp³-hybridized carbons (Fsp3) is 0.417. The number of carbonyl (C=O) groups excluding carboxylic acids is 2. The molecule has 0 aliphatic rings. The zero-order valence-electron chi connectivity index (χ0n) is 19.3. The van der Waals surface area contributed by atoms with Gasteiger partial charge in [-0.05, 0) is 44.9 Å². The van der Waals surface area contributed by atoms with E-state index in [4.69, 9.17) is 4.74 Å². The molecule has 1 N–H and O–H groups in total. The molecule has 0 unspecified atom stereocenters. The minimum Gasteiger partial charge on any atom is -0.497 e. The van der Waals surface area contributed by atoms with E-state index < -0.39 is 16.5 Å². The summed E-state index contributed by atoms with van der Waals surface area (Å²) < 4.78 is 5.28. The molecule has 32 heavy (non-hydrogen) atoms. The van der Waals surface area contributed by atoms with Crippen molar-refractivity contribution in [2.45, 2.75) is 58.7 Å². The Bertz CT molecular complexity index is 968. The normalized spacial score (nSPS) is 12.0. The van der Waals surface area contributed by atoms with Crippen LogP contribution in [0.3, 0.4) is 0 Å². The number of nitrogens with zero attached hydrogens (tertiary/aromatic N) is 2. The molecule has 8 nitrogen and oxygen atoms in total. The first-order valence-corrected chi connectivity index (χ1v) is 10.5. The van der Waals surface area contributed by atoms with Crippen molar-refractivity contribution in [3.8, 4) is 5.75 Å². The third-order valence-corrected chi connectivity index (χ3v) is 4.90. The van der Waals surface area contributed by atoms with Crippen molar-refractivity contribution in [1.29, 1.82) is 0 Å². The molecule has 0 aromatic heterocycles. The summed E-state index contributed by atoms with van der Waals surface area (Å²) in [4.78, 5) is 38.8. The molecule has 172 valence electrons. The van der Waals surface area contributed by atoms with Crippen molar-refractivity contribution < 1.29 is 19.2 Å². The van der Waals surface area contributed by atoms with E-state index in [1.165, 1.54) is 11.0 Å². The Hall–Kier alpha value is -3.42.